The number of carbonyl (C=O) groups is 2. The predicted octanol–water partition coefficient (Wildman–Crippen LogP) is 6.10. The van der Waals surface area contributed by atoms with Crippen molar-refractivity contribution in [1.82, 2.24) is 10.2 Å². The van der Waals surface area contributed by atoms with Crippen molar-refractivity contribution in [2.75, 3.05) is 20.3 Å². The number of amides is 2. The van der Waals surface area contributed by atoms with Crippen LogP contribution in [0.5, 0.6) is 5.75 Å². The lowest BCUT2D eigenvalue weighted by molar-refractivity contribution is -0.142. The molecule has 6 nitrogen and oxygen atoms in total. The van der Waals surface area contributed by atoms with Gasteiger partial charge in [0.05, 0.1) is 7.11 Å². The van der Waals surface area contributed by atoms with Crippen LogP contribution in [0.15, 0.2) is 72.8 Å². The van der Waals surface area contributed by atoms with E-state index in [1.807, 2.05) is 41.3 Å². The molecule has 3 rings (SSSR count). The van der Waals surface area contributed by atoms with Gasteiger partial charge in [0.2, 0.25) is 0 Å². The maximum atomic E-state index is 12.9. The topological polar surface area (TPSA) is 67.9 Å². The second kappa shape index (κ2) is 15.9. The lowest BCUT2D eigenvalue weighted by atomic mass is 10.1. The minimum absolute atomic E-state index is 0.117. The SMILES string of the molecule is CCCCc1ccc(C#Cc2ccc(CN(CCC)C(=O)NCc3ccc(OCC(=O)OC)cc3)cc2)cc1. The van der Waals surface area contributed by atoms with Gasteiger partial charge < -0.3 is 19.7 Å². The number of unbranched alkanes of at least 4 members (excludes halogenated alkanes) is 1. The minimum Gasteiger partial charge on any atom is -0.482 e. The molecule has 0 aliphatic rings. The van der Waals surface area contributed by atoms with Gasteiger partial charge in [0.1, 0.15) is 5.75 Å². The maximum absolute atomic E-state index is 12.9. The highest BCUT2D eigenvalue weighted by molar-refractivity contribution is 5.74. The average molecular weight is 527 g/mol. The number of benzene rings is 3. The normalized spacial score (nSPS) is 10.2. The van der Waals surface area contributed by atoms with Crippen LogP contribution in [0.25, 0.3) is 0 Å². The number of esters is 1. The van der Waals surface area contributed by atoms with Crippen LogP contribution < -0.4 is 10.1 Å². The van der Waals surface area contributed by atoms with Crippen molar-refractivity contribution >= 4 is 12.0 Å². The zero-order valence-electron chi connectivity index (χ0n) is 23.2. The van der Waals surface area contributed by atoms with Crippen LogP contribution >= 0.6 is 0 Å². The van der Waals surface area contributed by atoms with Gasteiger partial charge in [-0.1, -0.05) is 68.5 Å². The maximum Gasteiger partial charge on any atom is 0.343 e. The Hall–Kier alpha value is -4.24. The first-order valence-electron chi connectivity index (χ1n) is 13.5. The predicted molar refractivity (Wildman–Crippen MR) is 154 cm³/mol. The van der Waals surface area contributed by atoms with Crippen molar-refractivity contribution in [3.63, 3.8) is 0 Å². The van der Waals surface area contributed by atoms with Gasteiger partial charge in [-0.2, -0.15) is 0 Å². The van der Waals surface area contributed by atoms with Crippen molar-refractivity contribution in [1.29, 1.82) is 0 Å². The molecule has 0 unspecified atom stereocenters. The van der Waals surface area contributed by atoms with Crippen molar-refractivity contribution in [2.45, 2.75) is 52.6 Å². The molecule has 0 fully saturated rings. The molecule has 2 amide bonds. The van der Waals surface area contributed by atoms with Gasteiger partial charge in [-0.3, -0.25) is 0 Å². The lowest BCUT2D eigenvalue weighted by Gasteiger charge is -2.23. The van der Waals surface area contributed by atoms with Crippen LogP contribution in [0.2, 0.25) is 0 Å². The minimum atomic E-state index is -0.437. The third-order valence-electron chi connectivity index (χ3n) is 6.18. The highest BCUT2D eigenvalue weighted by Gasteiger charge is 2.13. The smallest absolute Gasteiger partial charge is 0.343 e. The van der Waals surface area contributed by atoms with Gasteiger partial charge in [0.15, 0.2) is 6.61 Å². The Bertz CT molecular complexity index is 1240. The third-order valence-corrected chi connectivity index (χ3v) is 6.18. The van der Waals surface area contributed by atoms with Crippen LogP contribution in [0.1, 0.15) is 60.9 Å². The van der Waals surface area contributed by atoms with E-state index in [4.69, 9.17) is 4.74 Å². The first kappa shape index (κ1) is 29.3. The molecule has 0 aromatic heterocycles. The molecule has 0 radical (unpaired) electrons. The Morgan fingerprint density at radius 2 is 1.38 bits per heavy atom. The molecular weight excluding hydrogens is 488 g/mol. The molecule has 6 heteroatoms. The van der Waals surface area contributed by atoms with E-state index in [0.717, 1.165) is 35.1 Å². The summed E-state index contributed by atoms with van der Waals surface area (Å²) < 4.78 is 9.93. The van der Waals surface area contributed by atoms with Crippen LogP contribution in [0.4, 0.5) is 4.79 Å². The van der Waals surface area contributed by atoms with Gasteiger partial charge in [0.25, 0.3) is 0 Å². The Labute approximate surface area is 232 Å². The fraction of sp³-hybridized carbons (Fsp3) is 0.333. The molecule has 3 aromatic carbocycles. The van der Waals surface area contributed by atoms with E-state index in [-0.39, 0.29) is 12.6 Å². The number of hydrogen-bond acceptors (Lipinski definition) is 4. The molecule has 204 valence electrons. The first-order chi connectivity index (χ1) is 19.0. The van der Waals surface area contributed by atoms with E-state index in [1.165, 1.54) is 25.5 Å². The Balaban J connectivity index is 1.52. The van der Waals surface area contributed by atoms with E-state index in [1.54, 1.807) is 12.1 Å². The van der Waals surface area contributed by atoms with E-state index in [9.17, 15) is 9.59 Å². The quantitative estimate of drug-likeness (QED) is 0.229. The Morgan fingerprint density at radius 3 is 1.95 bits per heavy atom. The summed E-state index contributed by atoms with van der Waals surface area (Å²) in [4.78, 5) is 25.9. The zero-order valence-corrected chi connectivity index (χ0v) is 23.2. The van der Waals surface area contributed by atoms with E-state index >= 15 is 0 Å². The third kappa shape index (κ3) is 10.2. The molecule has 0 spiro atoms. The van der Waals surface area contributed by atoms with Gasteiger partial charge in [-0.25, -0.2) is 9.59 Å². The number of carbonyl (C=O) groups excluding carboxylic acids is 2. The standard InChI is InChI=1S/C33H38N2O4/c1-4-6-7-26-8-10-27(11-9-26)12-13-28-14-16-30(17-15-28)24-35(22-5-2)33(37)34-23-29-18-20-31(21-19-29)39-25-32(36)38-3/h8-11,14-21H,4-7,22-25H2,1-3H3,(H,34,37). The molecule has 3 aromatic rings. The number of aryl methyl sites for hydroxylation is 1. The summed E-state index contributed by atoms with van der Waals surface area (Å²) in [5, 5.41) is 3.00. The monoisotopic (exact) mass is 526 g/mol. The van der Waals surface area contributed by atoms with Crippen LogP contribution in [-0.4, -0.2) is 37.2 Å². The summed E-state index contributed by atoms with van der Waals surface area (Å²) in [7, 11) is 1.32. The van der Waals surface area contributed by atoms with Gasteiger partial charge >= 0.3 is 12.0 Å². The summed E-state index contributed by atoms with van der Waals surface area (Å²) in [6.07, 6.45) is 4.38. The van der Waals surface area contributed by atoms with E-state index in [0.29, 0.717) is 25.4 Å². The Morgan fingerprint density at radius 1 is 0.795 bits per heavy atom. The second-order valence-corrected chi connectivity index (χ2v) is 9.34. The summed E-state index contributed by atoms with van der Waals surface area (Å²) >= 11 is 0. The molecular formula is C33H38N2O4. The average Bonchev–Trinajstić information content (AvgIpc) is 2.98. The summed E-state index contributed by atoms with van der Waals surface area (Å²) in [5.41, 5.74) is 5.29. The molecule has 0 heterocycles. The summed E-state index contributed by atoms with van der Waals surface area (Å²) in [6.45, 7) is 5.69. The lowest BCUT2D eigenvalue weighted by Crippen LogP contribution is -2.39. The number of methoxy groups -OCH3 is 1. The van der Waals surface area contributed by atoms with Crippen LogP contribution in [0.3, 0.4) is 0 Å². The van der Waals surface area contributed by atoms with Crippen LogP contribution in [0, 0.1) is 11.8 Å². The molecule has 0 saturated heterocycles. The number of nitrogens with zero attached hydrogens (tertiary/aromatic N) is 1. The molecule has 0 aliphatic heterocycles. The first-order valence-corrected chi connectivity index (χ1v) is 13.5. The summed E-state index contributed by atoms with van der Waals surface area (Å²) in [6, 6.07) is 23.7. The van der Waals surface area contributed by atoms with Crippen LogP contribution in [-0.2, 0) is 29.0 Å². The number of rotatable bonds is 12. The molecule has 0 atom stereocenters. The Kier molecular flexibility index (Phi) is 11.9. The fourth-order valence-electron chi connectivity index (χ4n) is 3.91. The van der Waals surface area contributed by atoms with Gasteiger partial charge in [-0.15, -0.1) is 0 Å². The van der Waals surface area contributed by atoms with E-state index in [2.05, 4.69) is 60.0 Å². The van der Waals surface area contributed by atoms with Gasteiger partial charge in [0, 0.05) is 30.8 Å². The highest BCUT2D eigenvalue weighted by atomic mass is 16.6. The number of ether oxygens (including phenoxy) is 2. The molecule has 0 bridgehead atoms. The molecule has 0 aliphatic carbocycles. The van der Waals surface area contributed by atoms with Gasteiger partial charge in [-0.05, 0) is 72.4 Å². The van der Waals surface area contributed by atoms with Crippen molar-refractivity contribution in [2.24, 2.45) is 0 Å². The van der Waals surface area contributed by atoms with Crippen molar-refractivity contribution < 1.29 is 19.1 Å². The molecule has 0 saturated carbocycles. The summed E-state index contributed by atoms with van der Waals surface area (Å²) in [5.74, 6) is 6.61. The van der Waals surface area contributed by atoms with E-state index < -0.39 is 5.97 Å². The fourth-order valence-corrected chi connectivity index (χ4v) is 3.91. The van der Waals surface area contributed by atoms with Crippen molar-refractivity contribution in [3.05, 3.63) is 101 Å². The number of hydrogen-bond donors (Lipinski definition) is 1. The van der Waals surface area contributed by atoms with Crippen molar-refractivity contribution in [3.8, 4) is 17.6 Å². The molecule has 1 N–H and O–H groups in total. The molecule has 39 heavy (non-hydrogen) atoms. The largest absolute Gasteiger partial charge is 0.482 e. The zero-order chi connectivity index (χ0) is 27.9. The number of urea groups is 1. The second-order valence-electron chi connectivity index (χ2n) is 9.34. The number of nitrogens with one attached hydrogen (secondary N) is 1. The highest BCUT2D eigenvalue weighted by Crippen LogP contribution is 2.13.